The predicted molar refractivity (Wildman–Crippen MR) is 68.3 cm³/mol. The minimum Gasteiger partial charge on any atom is -0.365 e. The first-order valence-electron chi connectivity index (χ1n) is 5.37. The molecule has 0 saturated heterocycles. The third-order valence-corrected chi connectivity index (χ3v) is 3.79. The Hall–Kier alpha value is -2.15. The lowest BCUT2D eigenvalue weighted by atomic mass is 10.1. The second kappa shape index (κ2) is 4.51. The molecule has 2 N–H and O–H groups in total. The molecular weight excluding hydrogens is 268 g/mol. The zero-order valence-electron chi connectivity index (χ0n) is 10.4. The van der Waals surface area contributed by atoms with Gasteiger partial charge < -0.3 is 10.3 Å². The minimum absolute atomic E-state index is 0.192. The molecule has 6 nitrogen and oxygen atoms in total. The SMILES string of the molecule is Cc1onc(-c2ccc(S(C)(=O)=O)cc2)c1C(N)=O. The van der Waals surface area contributed by atoms with E-state index < -0.39 is 15.7 Å². The van der Waals surface area contributed by atoms with Crippen molar-refractivity contribution in [3.05, 3.63) is 35.6 Å². The number of nitrogens with two attached hydrogens (primary N) is 1. The van der Waals surface area contributed by atoms with Gasteiger partial charge in [-0.3, -0.25) is 4.79 Å². The maximum atomic E-state index is 11.4. The number of aromatic nitrogens is 1. The van der Waals surface area contributed by atoms with Gasteiger partial charge in [-0.15, -0.1) is 0 Å². The molecule has 1 aromatic carbocycles. The van der Waals surface area contributed by atoms with Crippen molar-refractivity contribution in [3.63, 3.8) is 0 Å². The first-order valence-corrected chi connectivity index (χ1v) is 7.26. The Balaban J connectivity index is 2.52. The van der Waals surface area contributed by atoms with Crippen molar-refractivity contribution in [3.8, 4) is 11.3 Å². The van der Waals surface area contributed by atoms with Crippen molar-refractivity contribution in [2.75, 3.05) is 6.26 Å². The molecule has 0 spiro atoms. The number of rotatable bonds is 3. The Morgan fingerprint density at radius 1 is 1.26 bits per heavy atom. The van der Waals surface area contributed by atoms with Crippen LogP contribution in [0.2, 0.25) is 0 Å². The van der Waals surface area contributed by atoms with Crippen LogP contribution in [0, 0.1) is 6.92 Å². The minimum atomic E-state index is -3.26. The summed E-state index contributed by atoms with van der Waals surface area (Å²) in [6.45, 7) is 1.58. The van der Waals surface area contributed by atoms with Gasteiger partial charge in [0.15, 0.2) is 9.84 Å². The lowest BCUT2D eigenvalue weighted by molar-refractivity contribution is 0.0999. The number of carbonyl (C=O) groups is 1. The molecule has 0 unspecified atom stereocenters. The van der Waals surface area contributed by atoms with Crippen molar-refractivity contribution in [1.29, 1.82) is 0 Å². The van der Waals surface area contributed by atoms with Crippen LogP contribution in [-0.4, -0.2) is 25.7 Å². The second-order valence-electron chi connectivity index (χ2n) is 4.12. The van der Waals surface area contributed by atoms with Gasteiger partial charge in [0.05, 0.1) is 4.90 Å². The van der Waals surface area contributed by atoms with Crippen LogP contribution in [0.1, 0.15) is 16.1 Å². The van der Waals surface area contributed by atoms with Gasteiger partial charge in [-0.05, 0) is 19.1 Å². The van der Waals surface area contributed by atoms with Gasteiger partial charge in [-0.1, -0.05) is 17.3 Å². The van der Waals surface area contributed by atoms with E-state index in [4.69, 9.17) is 10.3 Å². The fraction of sp³-hybridized carbons (Fsp3) is 0.167. The van der Waals surface area contributed by atoms with Crippen molar-refractivity contribution in [1.82, 2.24) is 5.16 Å². The molecule has 19 heavy (non-hydrogen) atoms. The number of sulfone groups is 1. The molecule has 0 radical (unpaired) electrons. The summed E-state index contributed by atoms with van der Waals surface area (Å²) < 4.78 is 27.6. The smallest absolute Gasteiger partial charge is 0.254 e. The molecule has 100 valence electrons. The lowest BCUT2D eigenvalue weighted by Crippen LogP contribution is -2.12. The van der Waals surface area contributed by atoms with Gasteiger partial charge in [0.2, 0.25) is 0 Å². The van der Waals surface area contributed by atoms with E-state index in [1.54, 1.807) is 19.1 Å². The highest BCUT2D eigenvalue weighted by Crippen LogP contribution is 2.25. The van der Waals surface area contributed by atoms with Gasteiger partial charge >= 0.3 is 0 Å². The molecule has 0 bridgehead atoms. The van der Waals surface area contributed by atoms with Crippen LogP contribution in [0.4, 0.5) is 0 Å². The molecule has 0 aliphatic carbocycles. The summed E-state index contributed by atoms with van der Waals surface area (Å²) in [6, 6.07) is 6.00. The lowest BCUT2D eigenvalue weighted by Gasteiger charge is -2.01. The average molecular weight is 280 g/mol. The maximum Gasteiger partial charge on any atom is 0.254 e. The molecule has 1 aromatic heterocycles. The summed E-state index contributed by atoms with van der Waals surface area (Å²) >= 11 is 0. The number of aryl methyl sites for hydroxylation is 1. The van der Waals surface area contributed by atoms with E-state index in [-0.39, 0.29) is 10.5 Å². The van der Waals surface area contributed by atoms with Crippen molar-refractivity contribution < 1.29 is 17.7 Å². The second-order valence-corrected chi connectivity index (χ2v) is 6.14. The monoisotopic (exact) mass is 280 g/mol. The molecule has 0 aliphatic heterocycles. The molecule has 1 amide bonds. The maximum absolute atomic E-state index is 11.4. The quantitative estimate of drug-likeness (QED) is 0.908. The van der Waals surface area contributed by atoms with Crippen molar-refractivity contribution >= 4 is 15.7 Å². The van der Waals surface area contributed by atoms with Crippen molar-refractivity contribution in [2.45, 2.75) is 11.8 Å². The van der Waals surface area contributed by atoms with E-state index in [1.807, 2.05) is 0 Å². The number of hydrogen-bond acceptors (Lipinski definition) is 5. The van der Waals surface area contributed by atoms with E-state index in [0.717, 1.165) is 6.26 Å². The number of hydrogen-bond donors (Lipinski definition) is 1. The first kappa shape index (κ1) is 13.3. The fourth-order valence-electron chi connectivity index (χ4n) is 1.72. The molecule has 1 heterocycles. The number of amides is 1. The fourth-order valence-corrected chi connectivity index (χ4v) is 2.35. The summed E-state index contributed by atoms with van der Waals surface area (Å²) in [6.07, 6.45) is 1.12. The van der Waals surface area contributed by atoms with E-state index >= 15 is 0 Å². The average Bonchev–Trinajstić information content (AvgIpc) is 2.70. The third kappa shape index (κ3) is 2.50. The number of benzene rings is 1. The van der Waals surface area contributed by atoms with Crippen LogP contribution >= 0.6 is 0 Å². The Morgan fingerprint density at radius 2 is 1.84 bits per heavy atom. The Morgan fingerprint density at radius 3 is 2.32 bits per heavy atom. The molecule has 0 atom stereocenters. The Bertz CT molecular complexity index is 730. The van der Waals surface area contributed by atoms with Crippen LogP contribution in [-0.2, 0) is 9.84 Å². The largest absolute Gasteiger partial charge is 0.365 e. The topological polar surface area (TPSA) is 103 Å². The zero-order valence-corrected chi connectivity index (χ0v) is 11.2. The van der Waals surface area contributed by atoms with Gasteiger partial charge in [-0.25, -0.2) is 8.42 Å². The summed E-state index contributed by atoms with van der Waals surface area (Å²) in [5, 5.41) is 3.77. The van der Waals surface area contributed by atoms with E-state index in [1.165, 1.54) is 12.1 Å². The molecule has 0 saturated carbocycles. The summed E-state index contributed by atoms with van der Waals surface area (Å²) in [7, 11) is -3.26. The summed E-state index contributed by atoms with van der Waals surface area (Å²) in [4.78, 5) is 11.5. The van der Waals surface area contributed by atoms with Crippen LogP contribution in [0.5, 0.6) is 0 Å². The number of carbonyl (C=O) groups excluding carboxylic acids is 1. The predicted octanol–water partition coefficient (Wildman–Crippen LogP) is 1.15. The standard InChI is InChI=1S/C12H12N2O4S/c1-7-10(12(13)15)11(14-18-7)8-3-5-9(6-4-8)19(2,16)17/h3-6H,1-2H3,(H2,13,15). The summed E-state index contributed by atoms with van der Waals surface area (Å²) in [5.74, 6) is -0.310. The van der Waals surface area contributed by atoms with Crippen LogP contribution < -0.4 is 5.73 Å². The highest BCUT2D eigenvalue weighted by atomic mass is 32.2. The van der Waals surface area contributed by atoms with Crippen molar-refractivity contribution in [2.24, 2.45) is 5.73 Å². The van der Waals surface area contributed by atoms with E-state index in [9.17, 15) is 13.2 Å². The Labute approximate surface area is 110 Å². The molecule has 0 fully saturated rings. The van der Waals surface area contributed by atoms with Crippen LogP contribution in [0.15, 0.2) is 33.7 Å². The molecule has 2 aromatic rings. The number of nitrogens with zero attached hydrogens (tertiary/aromatic N) is 1. The highest BCUT2D eigenvalue weighted by Gasteiger charge is 2.19. The van der Waals surface area contributed by atoms with Gasteiger partial charge in [0.1, 0.15) is 17.0 Å². The molecule has 2 rings (SSSR count). The van der Waals surface area contributed by atoms with Gasteiger partial charge in [0, 0.05) is 11.8 Å². The first-order chi connectivity index (χ1) is 8.80. The third-order valence-electron chi connectivity index (χ3n) is 2.67. The van der Waals surface area contributed by atoms with E-state index in [0.29, 0.717) is 17.0 Å². The van der Waals surface area contributed by atoms with E-state index in [2.05, 4.69) is 5.16 Å². The van der Waals surface area contributed by atoms with Gasteiger partial charge in [-0.2, -0.15) is 0 Å². The molecular formula is C12H12N2O4S. The van der Waals surface area contributed by atoms with Crippen LogP contribution in [0.3, 0.4) is 0 Å². The molecule has 7 heteroatoms. The number of primary amides is 1. The Kier molecular flexibility index (Phi) is 3.15. The normalized spacial score (nSPS) is 11.5. The zero-order chi connectivity index (χ0) is 14.2. The molecule has 0 aliphatic rings. The van der Waals surface area contributed by atoms with Gasteiger partial charge in [0.25, 0.3) is 5.91 Å². The summed E-state index contributed by atoms with van der Waals surface area (Å²) in [5.41, 5.74) is 6.34. The highest BCUT2D eigenvalue weighted by molar-refractivity contribution is 7.90. The van der Waals surface area contributed by atoms with Crippen LogP contribution in [0.25, 0.3) is 11.3 Å².